The van der Waals surface area contributed by atoms with Gasteiger partial charge in [-0.15, -0.1) is 17.9 Å². The van der Waals surface area contributed by atoms with Crippen molar-refractivity contribution in [2.24, 2.45) is 33.5 Å². The van der Waals surface area contributed by atoms with Gasteiger partial charge in [0.2, 0.25) is 23.6 Å². The Balaban J connectivity index is 0.000000210. The number of allylic oxidation sites excluding steroid dienone is 2. The van der Waals surface area contributed by atoms with Crippen molar-refractivity contribution in [1.82, 2.24) is 26.6 Å². The average molecular weight is 1200 g/mol. The van der Waals surface area contributed by atoms with E-state index in [9.17, 15) is 19.2 Å². The molecule has 19 heteroatoms. The number of hydrogen-bond acceptors (Lipinski definition) is 13. The van der Waals surface area contributed by atoms with Crippen molar-refractivity contribution >= 4 is 41.5 Å². The predicted octanol–water partition coefficient (Wildman–Crippen LogP) is 8.10. The van der Waals surface area contributed by atoms with Crippen LogP contribution < -0.4 is 26.6 Å². The van der Waals surface area contributed by atoms with Crippen LogP contribution in [0.1, 0.15) is 190 Å². The highest BCUT2D eigenvalue weighted by Gasteiger charge is 2.74. The van der Waals surface area contributed by atoms with Gasteiger partial charge in [0.05, 0.1) is 67.5 Å². The van der Waals surface area contributed by atoms with Crippen LogP contribution in [-0.2, 0) is 52.3 Å². The number of aliphatic hydroxyl groups excluding tert-OH is 1. The summed E-state index contributed by atoms with van der Waals surface area (Å²) in [6.07, 6.45) is 22.7. The van der Waals surface area contributed by atoms with Gasteiger partial charge < -0.3 is 64.8 Å². The van der Waals surface area contributed by atoms with Crippen molar-refractivity contribution in [3.8, 4) is 0 Å². The van der Waals surface area contributed by atoms with Gasteiger partial charge in [-0.1, -0.05) is 30.7 Å². The number of carbonyl (C=O) groups is 4. The molecular formula is C64H109N5O12P2. The summed E-state index contributed by atoms with van der Waals surface area (Å²) in [7, 11) is 8.18. The number of ether oxygens (including phenoxy) is 7. The molecule has 472 valence electrons. The summed E-state index contributed by atoms with van der Waals surface area (Å²) in [6.45, 7) is 18.1. The van der Waals surface area contributed by atoms with Gasteiger partial charge in [0.25, 0.3) is 0 Å². The molecule has 4 amide bonds. The molecule has 13 fully saturated rings. The second-order valence-electron chi connectivity index (χ2n) is 27.8. The van der Waals surface area contributed by atoms with Crippen LogP contribution in [0.3, 0.4) is 0 Å². The van der Waals surface area contributed by atoms with Crippen molar-refractivity contribution < 1.29 is 57.4 Å². The highest BCUT2D eigenvalue weighted by Crippen LogP contribution is 2.63. The summed E-state index contributed by atoms with van der Waals surface area (Å²) >= 11 is 0. The van der Waals surface area contributed by atoms with Crippen LogP contribution in [0.25, 0.3) is 0 Å². The molecule has 83 heavy (non-hydrogen) atoms. The van der Waals surface area contributed by atoms with Gasteiger partial charge in [0.15, 0.2) is 0 Å². The van der Waals surface area contributed by atoms with Crippen molar-refractivity contribution in [1.29, 1.82) is 0 Å². The van der Waals surface area contributed by atoms with Crippen molar-refractivity contribution in [2.45, 2.75) is 255 Å². The monoisotopic (exact) mass is 1200 g/mol. The lowest BCUT2D eigenvalue weighted by Gasteiger charge is -2.52. The molecule has 15 atom stereocenters. The lowest BCUT2D eigenvalue weighted by atomic mass is 9.53. The van der Waals surface area contributed by atoms with E-state index in [1.807, 2.05) is 0 Å². The molecule has 5 aliphatic heterocycles. The zero-order valence-electron chi connectivity index (χ0n) is 51.2. The zero-order chi connectivity index (χ0) is 58.8. The minimum Gasteiger partial charge on any atom is -0.396 e. The first kappa shape index (κ1) is 66.8. The van der Waals surface area contributed by atoms with E-state index in [1.165, 1.54) is 24.0 Å². The Morgan fingerprint density at radius 3 is 1.33 bits per heavy atom. The number of fused-ring (bicyclic) bond motifs is 6. The number of hydrogen-bond donors (Lipinski definition) is 6. The standard InChI is InChI=1S/C34H55N3O6.C29H46N2O6.CH4.H4P2/c1-23(2)8-9-26-31(3,43-26)28-27(40-4)25(10-11-34(28)22-42-34)37-30(39)33-15-12-32(13-16-33,14-17-33)29(38)36-19-6-20-41-21-24-7-5-18-35-24;1-19(2)6-7-21-26(3,37-21)23-22(35-4)20(8-9-29(23)18-36-29)31-25(34)28-13-10-27(11-14-28,12-15-28)24(33)30-16-5-17-32;;1-2/h8,24-28,35H,5-7,9-22H2,1-4H3,(H,36,38)(H,37,39);6,20-23,32H,5,7-18H2,1-4H3,(H,30,33)(H,31,34);1H4;1-2H2/t24-,25+,26+,27+,28+,31-,32?,33?,34-;20-,21-,22-,23-,26+,27?,28?,29+;;/m01../s1. The Bertz CT molecular complexity index is 2270. The molecule has 13 aliphatic rings. The average Bonchev–Trinajstić information content (AvgIpc) is 1.80. The number of amides is 4. The van der Waals surface area contributed by atoms with Crippen LogP contribution in [0.5, 0.6) is 0 Å². The molecule has 2 spiro atoms. The molecule has 0 aromatic carbocycles. The van der Waals surface area contributed by atoms with Gasteiger partial charge in [-0.2, -0.15) is 0 Å². The second-order valence-corrected chi connectivity index (χ2v) is 27.8. The Morgan fingerprint density at radius 1 is 0.602 bits per heavy atom. The molecule has 5 heterocycles. The Kier molecular flexibility index (Phi) is 22.0. The van der Waals surface area contributed by atoms with Crippen molar-refractivity contribution in [3.05, 3.63) is 23.3 Å². The third-order valence-corrected chi connectivity index (χ3v) is 22.5. The SMILES string of the molecule is C.CO[C@@H]1[C@H](NC(=O)C23CCC(C(=O)NCCCO)(CC2)CC3)CC[C@]2(CO2)[C@H]1[C@@]1(C)O[C@@H]1CC=C(C)C.CO[C@@H]1[C@H](NC(=O)C23CCC(C(=O)NCCCOC[C@@H]4CCCN4)(CC2)CC3)CC[C@]2(CO2)[C@H]1[C@@]1(C)O[C@@H]1CC=C(C)C.PP. The summed E-state index contributed by atoms with van der Waals surface area (Å²) in [5.74, 6) is 0.697. The highest BCUT2D eigenvalue weighted by molar-refractivity contribution is 7.92. The molecule has 4 bridgehead atoms. The molecule has 17 nitrogen and oxygen atoms in total. The highest BCUT2D eigenvalue weighted by atomic mass is 32.0. The number of nitrogens with one attached hydrogen (secondary N) is 5. The van der Waals surface area contributed by atoms with Gasteiger partial charge in [0.1, 0.15) is 11.2 Å². The van der Waals surface area contributed by atoms with Crippen LogP contribution in [0.4, 0.5) is 0 Å². The van der Waals surface area contributed by atoms with Crippen LogP contribution in [0.2, 0.25) is 0 Å². The predicted molar refractivity (Wildman–Crippen MR) is 328 cm³/mol. The van der Waals surface area contributed by atoms with Crippen LogP contribution in [0.15, 0.2) is 23.3 Å². The van der Waals surface area contributed by atoms with E-state index in [0.29, 0.717) is 32.2 Å². The smallest absolute Gasteiger partial charge is 0.226 e. The molecule has 8 aliphatic carbocycles. The third-order valence-electron chi connectivity index (χ3n) is 22.5. The first-order valence-electron chi connectivity index (χ1n) is 31.7. The van der Waals surface area contributed by atoms with Gasteiger partial charge in [0, 0.05) is 80.1 Å². The number of carbonyl (C=O) groups excluding carboxylic acids is 4. The largest absolute Gasteiger partial charge is 0.396 e. The van der Waals surface area contributed by atoms with Crippen LogP contribution in [-0.4, -0.2) is 161 Å². The van der Waals surface area contributed by atoms with Gasteiger partial charge >= 0.3 is 0 Å². The van der Waals surface area contributed by atoms with Gasteiger partial charge in [-0.25, -0.2) is 0 Å². The van der Waals surface area contributed by atoms with Gasteiger partial charge in [-0.3, -0.25) is 19.2 Å². The molecule has 13 rings (SSSR count). The number of methoxy groups -OCH3 is 2. The van der Waals surface area contributed by atoms with Crippen molar-refractivity contribution in [3.63, 3.8) is 0 Å². The number of rotatable bonds is 23. The Labute approximate surface area is 502 Å². The zero-order valence-corrected chi connectivity index (χ0v) is 53.5. The fourth-order valence-corrected chi connectivity index (χ4v) is 16.8. The Hall–Kier alpha value is -2.14. The maximum atomic E-state index is 14.0. The first-order valence-corrected chi connectivity index (χ1v) is 34.4. The normalized spacial score (nSPS) is 41.8. The molecule has 6 N–H and O–H groups in total. The van der Waals surface area contributed by atoms with E-state index >= 15 is 0 Å². The molecule has 2 unspecified atom stereocenters. The lowest BCUT2D eigenvalue weighted by molar-refractivity contribution is -0.153. The fourth-order valence-electron chi connectivity index (χ4n) is 16.8. The molecule has 0 aromatic rings. The lowest BCUT2D eigenvalue weighted by Crippen LogP contribution is -2.62. The molecular weight excluding hydrogens is 1090 g/mol. The maximum absolute atomic E-state index is 14.0. The maximum Gasteiger partial charge on any atom is 0.226 e. The van der Waals surface area contributed by atoms with Crippen molar-refractivity contribution in [2.75, 3.05) is 66.9 Å². The second kappa shape index (κ2) is 27.3. The quantitative estimate of drug-likeness (QED) is 0.0246. The van der Waals surface area contributed by atoms with Crippen LogP contribution >= 0.6 is 17.9 Å². The van der Waals surface area contributed by atoms with E-state index < -0.39 is 5.41 Å². The van der Waals surface area contributed by atoms with Crippen LogP contribution in [0, 0.1) is 33.5 Å². The van der Waals surface area contributed by atoms with E-state index in [4.69, 9.17) is 38.3 Å². The number of epoxide rings is 4. The topological polar surface area (TPSA) is 226 Å². The fraction of sp³-hybridized carbons (Fsp3) is 0.875. The molecule has 0 radical (unpaired) electrons. The summed E-state index contributed by atoms with van der Waals surface area (Å²) < 4.78 is 43.0. The first-order chi connectivity index (χ1) is 39.3. The summed E-state index contributed by atoms with van der Waals surface area (Å²) in [6, 6.07) is 0.340. The van der Waals surface area contributed by atoms with Gasteiger partial charge in [-0.05, 0) is 189 Å². The molecule has 8 saturated carbocycles. The third kappa shape index (κ3) is 13.9. The molecule has 0 aromatic heterocycles. The van der Waals surface area contributed by atoms with E-state index in [2.05, 4.69) is 98.1 Å². The number of aliphatic hydroxyl groups is 1. The van der Waals surface area contributed by atoms with E-state index in [0.717, 1.165) is 148 Å². The summed E-state index contributed by atoms with van der Waals surface area (Å²) in [4.78, 5) is 54.0. The minimum atomic E-state index is -0.391. The van der Waals surface area contributed by atoms with E-state index in [-0.39, 0.29) is 125 Å². The summed E-state index contributed by atoms with van der Waals surface area (Å²) in [5.41, 5.74) is 0.114. The Morgan fingerprint density at radius 2 is 0.988 bits per heavy atom. The minimum absolute atomic E-state index is 0. The van der Waals surface area contributed by atoms with E-state index in [1.54, 1.807) is 14.2 Å². The molecule has 5 saturated heterocycles. The summed E-state index contributed by atoms with van der Waals surface area (Å²) in [5, 5.41) is 25.6.